The van der Waals surface area contributed by atoms with E-state index in [0.29, 0.717) is 18.9 Å². The molecule has 25 heavy (non-hydrogen) atoms. The highest BCUT2D eigenvalue weighted by atomic mass is 32.1. The number of aromatic nitrogens is 1. The van der Waals surface area contributed by atoms with Crippen LogP contribution in [0.3, 0.4) is 0 Å². The van der Waals surface area contributed by atoms with Gasteiger partial charge in [0.25, 0.3) is 0 Å². The highest BCUT2D eigenvalue weighted by Gasteiger charge is 2.44. The Balaban J connectivity index is 1.29. The SMILES string of the molecule is O=C(Cc1ccsc1)N1CCC2(CC1)CC(Oc1ccccn1)CO2. The maximum absolute atomic E-state index is 12.4. The second-order valence-corrected chi connectivity index (χ2v) is 7.58. The van der Waals surface area contributed by atoms with Crippen molar-refractivity contribution in [3.05, 3.63) is 46.8 Å². The molecule has 5 nitrogen and oxygen atoms in total. The van der Waals surface area contributed by atoms with E-state index in [1.165, 1.54) is 0 Å². The summed E-state index contributed by atoms with van der Waals surface area (Å²) in [5, 5.41) is 4.06. The van der Waals surface area contributed by atoms with Crippen molar-refractivity contribution in [1.82, 2.24) is 9.88 Å². The minimum absolute atomic E-state index is 0.0444. The molecule has 4 rings (SSSR count). The van der Waals surface area contributed by atoms with Crippen LogP contribution in [0.4, 0.5) is 0 Å². The Hall–Kier alpha value is -1.92. The third kappa shape index (κ3) is 3.85. The maximum Gasteiger partial charge on any atom is 0.227 e. The van der Waals surface area contributed by atoms with Crippen LogP contribution in [0.15, 0.2) is 41.2 Å². The molecule has 2 aliphatic heterocycles. The monoisotopic (exact) mass is 358 g/mol. The van der Waals surface area contributed by atoms with Crippen molar-refractivity contribution in [2.24, 2.45) is 0 Å². The first kappa shape index (κ1) is 16.5. The predicted octanol–water partition coefficient (Wildman–Crippen LogP) is 2.91. The molecule has 1 unspecified atom stereocenters. The molecule has 2 aromatic rings. The van der Waals surface area contributed by atoms with Gasteiger partial charge in [-0.25, -0.2) is 4.98 Å². The lowest BCUT2D eigenvalue weighted by Crippen LogP contribution is -2.47. The summed E-state index contributed by atoms with van der Waals surface area (Å²) in [5.41, 5.74) is 0.967. The molecule has 4 heterocycles. The molecule has 2 fully saturated rings. The zero-order valence-corrected chi connectivity index (χ0v) is 14.9. The minimum Gasteiger partial charge on any atom is -0.472 e. The zero-order valence-electron chi connectivity index (χ0n) is 14.1. The molecule has 0 aromatic carbocycles. The summed E-state index contributed by atoms with van der Waals surface area (Å²) in [6.07, 6.45) is 4.91. The van der Waals surface area contributed by atoms with E-state index in [0.717, 1.165) is 37.9 Å². The lowest BCUT2D eigenvalue weighted by atomic mass is 9.88. The summed E-state index contributed by atoms with van der Waals surface area (Å²) < 4.78 is 12.0. The Morgan fingerprint density at radius 3 is 2.96 bits per heavy atom. The van der Waals surface area contributed by atoms with Gasteiger partial charge >= 0.3 is 0 Å². The Labute approximate surface area is 151 Å². The minimum atomic E-state index is -0.140. The third-order valence-electron chi connectivity index (χ3n) is 5.06. The number of rotatable bonds is 4. The number of ether oxygens (including phenoxy) is 2. The van der Waals surface area contributed by atoms with E-state index in [4.69, 9.17) is 9.47 Å². The van der Waals surface area contributed by atoms with Crippen LogP contribution in [0.5, 0.6) is 5.88 Å². The van der Waals surface area contributed by atoms with Crippen molar-refractivity contribution >= 4 is 17.2 Å². The zero-order chi connectivity index (χ0) is 17.1. The standard InChI is InChI=1S/C19H22N2O3S/c22-18(11-15-4-10-25-14-15)21-8-5-19(6-9-21)12-16(13-23-19)24-17-3-1-2-7-20-17/h1-4,7,10,14,16H,5-6,8-9,11-13H2. The van der Waals surface area contributed by atoms with Crippen molar-refractivity contribution < 1.29 is 14.3 Å². The number of amides is 1. The molecule has 0 bridgehead atoms. The topological polar surface area (TPSA) is 51.7 Å². The molecule has 2 aliphatic rings. The average molecular weight is 358 g/mol. The fourth-order valence-electron chi connectivity index (χ4n) is 3.66. The highest BCUT2D eigenvalue weighted by molar-refractivity contribution is 7.08. The first-order valence-electron chi connectivity index (χ1n) is 8.73. The molecule has 1 spiro atoms. The Morgan fingerprint density at radius 1 is 1.36 bits per heavy atom. The number of carbonyl (C=O) groups excluding carboxylic acids is 1. The number of hydrogen-bond donors (Lipinski definition) is 0. The number of carbonyl (C=O) groups is 1. The van der Waals surface area contributed by atoms with E-state index < -0.39 is 0 Å². The number of piperidine rings is 1. The first-order valence-corrected chi connectivity index (χ1v) is 9.67. The number of likely N-dealkylation sites (tertiary alicyclic amines) is 1. The van der Waals surface area contributed by atoms with Gasteiger partial charge in [0.2, 0.25) is 11.8 Å². The van der Waals surface area contributed by atoms with Gasteiger partial charge in [0.05, 0.1) is 18.6 Å². The van der Waals surface area contributed by atoms with Gasteiger partial charge in [0.15, 0.2) is 0 Å². The van der Waals surface area contributed by atoms with E-state index >= 15 is 0 Å². The van der Waals surface area contributed by atoms with Gasteiger partial charge in [-0.3, -0.25) is 4.79 Å². The van der Waals surface area contributed by atoms with Gasteiger partial charge in [-0.2, -0.15) is 11.3 Å². The lowest BCUT2D eigenvalue weighted by molar-refractivity contribution is -0.135. The summed E-state index contributed by atoms with van der Waals surface area (Å²) in [6.45, 7) is 2.12. The van der Waals surface area contributed by atoms with Crippen LogP contribution in [0.25, 0.3) is 0 Å². The first-order chi connectivity index (χ1) is 12.2. The Kier molecular flexibility index (Phi) is 4.72. The summed E-state index contributed by atoms with van der Waals surface area (Å²) in [6, 6.07) is 7.69. The number of thiophene rings is 1. The van der Waals surface area contributed by atoms with Crippen LogP contribution in [0, 0.1) is 0 Å². The summed E-state index contributed by atoms with van der Waals surface area (Å²) >= 11 is 1.63. The molecule has 0 aliphatic carbocycles. The van der Waals surface area contributed by atoms with E-state index in [1.54, 1.807) is 17.5 Å². The average Bonchev–Trinajstić information content (AvgIpc) is 3.27. The highest BCUT2D eigenvalue weighted by Crippen LogP contribution is 2.37. The molecule has 2 aromatic heterocycles. The van der Waals surface area contributed by atoms with E-state index in [9.17, 15) is 4.79 Å². The normalized spacial score (nSPS) is 22.2. The van der Waals surface area contributed by atoms with Crippen molar-refractivity contribution in [1.29, 1.82) is 0 Å². The molecule has 0 N–H and O–H groups in total. The smallest absolute Gasteiger partial charge is 0.227 e. The molecule has 0 saturated carbocycles. The molecule has 6 heteroatoms. The number of pyridine rings is 1. The van der Waals surface area contributed by atoms with Crippen molar-refractivity contribution in [2.75, 3.05) is 19.7 Å². The quantitative estimate of drug-likeness (QED) is 0.843. The van der Waals surface area contributed by atoms with Gasteiger partial charge in [-0.15, -0.1) is 0 Å². The second kappa shape index (κ2) is 7.14. The summed E-state index contributed by atoms with van der Waals surface area (Å²) in [4.78, 5) is 18.6. The van der Waals surface area contributed by atoms with E-state index in [1.807, 2.05) is 39.9 Å². The molecule has 0 radical (unpaired) electrons. The third-order valence-corrected chi connectivity index (χ3v) is 5.80. The van der Waals surface area contributed by atoms with Gasteiger partial charge in [0, 0.05) is 31.8 Å². The van der Waals surface area contributed by atoms with Crippen LogP contribution in [-0.4, -0.2) is 47.2 Å². The number of nitrogens with zero attached hydrogens (tertiary/aromatic N) is 2. The fourth-order valence-corrected chi connectivity index (χ4v) is 4.33. The van der Waals surface area contributed by atoms with Gasteiger partial charge in [-0.1, -0.05) is 6.07 Å². The van der Waals surface area contributed by atoms with E-state index in [-0.39, 0.29) is 17.6 Å². The fraction of sp³-hybridized carbons (Fsp3) is 0.474. The van der Waals surface area contributed by atoms with Gasteiger partial charge in [0.1, 0.15) is 6.10 Å². The summed E-state index contributed by atoms with van der Waals surface area (Å²) in [5.74, 6) is 0.865. The Morgan fingerprint density at radius 2 is 2.24 bits per heavy atom. The van der Waals surface area contributed by atoms with E-state index in [2.05, 4.69) is 4.98 Å². The molecular weight excluding hydrogens is 336 g/mol. The van der Waals surface area contributed by atoms with Crippen molar-refractivity contribution in [2.45, 2.75) is 37.4 Å². The predicted molar refractivity (Wildman–Crippen MR) is 95.8 cm³/mol. The molecule has 1 atom stereocenters. The maximum atomic E-state index is 12.4. The van der Waals surface area contributed by atoms with Crippen LogP contribution in [0.2, 0.25) is 0 Å². The number of hydrogen-bond acceptors (Lipinski definition) is 5. The molecule has 1 amide bonds. The van der Waals surface area contributed by atoms with Crippen molar-refractivity contribution in [3.63, 3.8) is 0 Å². The summed E-state index contributed by atoms with van der Waals surface area (Å²) in [7, 11) is 0. The van der Waals surface area contributed by atoms with Crippen LogP contribution < -0.4 is 4.74 Å². The van der Waals surface area contributed by atoms with Gasteiger partial charge in [-0.05, 0) is 41.3 Å². The largest absolute Gasteiger partial charge is 0.472 e. The van der Waals surface area contributed by atoms with Crippen LogP contribution in [0.1, 0.15) is 24.8 Å². The molecule has 132 valence electrons. The van der Waals surface area contributed by atoms with Gasteiger partial charge < -0.3 is 14.4 Å². The lowest BCUT2D eigenvalue weighted by Gasteiger charge is -2.38. The second-order valence-electron chi connectivity index (χ2n) is 6.80. The van der Waals surface area contributed by atoms with Crippen LogP contribution in [-0.2, 0) is 16.0 Å². The van der Waals surface area contributed by atoms with Crippen molar-refractivity contribution in [3.8, 4) is 5.88 Å². The Bertz CT molecular complexity index is 697. The molecular formula is C19H22N2O3S. The van der Waals surface area contributed by atoms with Crippen LogP contribution >= 0.6 is 11.3 Å². The molecule has 2 saturated heterocycles.